The lowest BCUT2D eigenvalue weighted by Crippen LogP contribution is -2.57. The maximum absolute atomic E-state index is 11.5. The van der Waals surface area contributed by atoms with Crippen molar-refractivity contribution in [1.29, 1.82) is 0 Å². The molecule has 156 valence electrons. The van der Waals surface area contributed by atoms with Crippen LogP contribution in [-0.4, -0.2) is 29.5 Å². The minimum Gasteiger partial charge on any atom is -0.493 e. The molecule has 2 aliphatic carbocycles. The van der Waals surface area contributed by atoms with E-state index in [0.29, 0.717) is 24.4 Å². The normalized spacial score (nSPS) is 34.5. The minimum atomic E-state index is -0.505. The Morgan fingerprint density at radius 2 is 2.00 bits per heavy atom. The highest BCUT2D eigenvalue weighted by atomic mass is 16.5. The van der Waals surface area contributed by atoms with Gasteiger partial charge in [-0.25, -0.2) is 4.79 Å². The molecule has 4 rings (SSSR count). The van der Waals surface area contributed by atoms with Gasteiger partial charge in [0.25, 0.3) is 0 Å². The van der Waals surface area contributed by atoms with Gasteiger partial charge in [-0.05, 0) is 55.7 Å². The van der Waals surface area contributed by atoms with Crippen LogP contribution in [0.1, 0.15) is 40.0 Å². The van der Waals surface area contributed by atoms with Crippen LogP contribution in [0, 0.1) is 22.7 Å². The van der Waals surface area contributed by atoms with Crippen LogP contribution in [0.25, 0.3) is 11.0 Å². The molecule has 2 aliphatic rings. The lowest BCUT2D eigenvalue weighted by Gasteiger charge is -2.58. The Balaban J connectivity index is 1.60. The molecule has 1 aromatic heterocycles. The number of rotatable bonds is 4. The third kappa shape index (κ3) is 3.30. The predicted octanol–water partition coefficient (Wildman–Crippen LogP) is 3.91. The second kappa shape index (κ2) is 7.29. The molecule has 1 heterocycles. The van der Waals surface area contributed by atoms with Crippen LogP contribution in [0.5, 0.6) is 5.75 Å². The Hall–Kier alpha value is -2.11. The lowest BCUT2D eigenvalue weighted by atomic mass is 9.47. The first-order valence-electron chi connectivity index (χ1n) is 10.4. The summed E-state index contributed by atoms with van der Waals surface area (Å²) in [6.45, 7) is 6.93. The number of ether oxygens (including phenoxy) is 1. The van der Waals surface area contributed by atoms with Gasteiger partial charge < -0.3 is 19.4 Å². The van der Waals surface area contributed by atoms with E-state index < -0.39 is 11.5 Å². The van der Waals surface area contributed by atoms with Crippen molar-refractivity contribution in [1.82, 2.24) is 0 Å². The molecule has 0 radical (unpaired) electrons. The highest BCUT2D eigenvalue weighted by Gasteiger charge is 2.57. The Bertz CT molecular complexity index is 992. The zero-order valence-electron chi connectivity index (χ0n) is 17.4. The quantitative estimate of drug-likeness (QED) is 0.603. The molecule has 0 unspecified atom stereocenters. The van der Waals surface area contributed by atoms with Crippen LogP contribution in [-0.2, 0) is 0 Å². The molecule has 5 atom stereocenters. The molecule has 2 aromatic rings. The van der Waals surface area contributed by atoms with E-state index in [4.69, 9.17) is 9.15 Å². The average molecular weight is 398 g/mol. The summed E-state index contributed by atoms with van der Waals surface area (Å²) in [5.74, 6) is 1.06. The van der Waals surface area contributed by atoms with Crippen LogP contribution >= 0.6 is 0 Å². The molecule has 29 heavy (non-hydrogen) atoms. The molecule has 1 fully saturated rings. The molecular formula is C24H30O5. The molecule has 0 aliphatic heterocycles. The number of aliphatic hydroxyl groups excluding tert-OH is 2. The fourth-order valence-corrected chi connectivity index (χ4v) is 5.71. The van der Waals surface area contributed by atoms with E-state index in [9.17, 15) is 15.0 Å². The molecular weight excluding hydrogens is 368 g/mol. The van der Waals surface area contributed by atoms with E-state index in [1.807, 2.05) is 19.1 Å². The summed E-state index contributed by atoms with van der Waals surface area (Å²) >= 11 is 0. The standard InChI is InChI=1S/C24H30O5/c1-15-4-8-20-23(2,11-10-21(26)24(20,3)14-25)18(15)13-28-17-7-5-16-6-9-22(27)29-19(16)12-17/h4-7,9,12,18,20-21,25-26H,8,10-11,13-14H2,1-3H3/t18-,20+,21-,23+,24+/m0/s1. The Labute approximate surface area is 171 Å². The summed E-state index contributed by atoms with van der Waals surface area (Å²) in [6, 6.07) is 8.71. The Morgan fingerprint density at radius 1 is 1.24 bits per heavy atom. The van der Waals surface area contributed by atoms with E-state index >= 15 is 0 Å². The van der Waals surface area contributed by atoms with Gasteiger partial charge in [-0.15, -0.1) is 0 Å². The molecule has 0 saturated heterocycles. The summed E-state index contributed by atoms with van der Waals surface area (Å²) in [7, 11) is 0. The summed E-state index contributed by atoms with van der Waals surface area (Å²) in [5, 5.41) is 21.6. The number of hydrogen-bond acceptors (Lipinski definition) is 5. The van der Waals surface area contributed by atoms with Gasteiger partial charge in [0, 0.05) is 28.9 Å². The summed E-state index contributed by atoms with van der Waals surface area (Å²) in [4.78, 5) is 11.5. The molecule has 0 bridgehead atoms. The van der Waals surface area contributed by atoms with Gasteiger partial charge in [-0.2, -0.15) is 0 Å². The molecule has 0 spiro atoms. The highest BCUT2D eigenvalue weighted by Crippen LogP contribution is 2.59. The monoisotopic (exact) mass is 398 g/mol. The van der Waals surface area contributed by atoms with Crippen molar-refractivity contribution in [3.8, 4) is 5.75 Å². The van der Waals surface area contributed by atoms with Crippen LogP contribution in [0.4, 0.5) is 0 Å². The first kappa shape index (κ1) is 20.2. The molecule has 2 N–H and O–H groups in total. The fraction of sp³-hybridized carbons (Fsp3) is 0.542. The highest BCUT2D eigenvalue weighted by molar-refractivity contribution is 5.77. The predicted molar refractivity (Wildman–Crippen MR) is 112 cm³/mol. The fourth-order valence-electron chi connectivity index (χ4n) is 5.71. The third-order valence-electron chi connectivity index (χ3n) is 7.68. The van der Waals surface area contributed by atoms with E-state index in [1.54, 1.807) is 12.1 Å². The maximum Gasteiger partial charge on any atom is 0.336 e. The number of fused-ring (bicyclic) bond motifs is 2. The minimum absolute atomic E-state index is 0.0153. The number of benzene rings is 1. The zero-order valence-corrected chi connectivity index (χ0v) is 17.4. The number of aliphatic hydroxyl groups is 2. The lowest BCUT2D eigenvalue weighted by molar-refractivity contribution is -0.147. The summed E-state index contributed by atoms with van der Waals surface area (Å²) in [6.07, 6.45) is 4.22. The first-order chi connectivity index (χ1) is 13.8. The van der Waals surface area contributed by atoms with Crippen molar-refractivity contribution < 1.29 is 19.4 Å². The molecule has 0 amide bonds. The van der Waals surface area contributed by atoms with Gasteiger partial charge in [0.2, 0.25) is 0 Å². The maximum atomic E-state index is 11.5. The Morgan fingerprint density at radius 3 is 2.76 bits per heavy atom. The van der Waals surface area contributed by atoms with E-state index in [2.05, 4.69) is 19.9 Å². The number of hydrogen-bond donors (Lipinski definition) is 2. The van der Waals surface area contributed by atoms with Gasteiger partial charge in [0.15, 0.2) is 0 Å². The second-order valence-corrected chi connectivity index (χ2v) is 9.28. The average Bonchev–Trinajstić information content (AvgIpc) is 2.70. The van der Waals surface area contributed by atoms with Gasteiger partial charge >= 0.3 is 5.63 Å². The van der Waals surface area contributed by atoms with Crippen molar-refractivity contribution in [3.63, 3.8) is 0 Å². The zero-order chi connectivity index (χ0) is 20.8. The van der Waals surface area contributed by atoms with Crippen LogP contribution in [0.15, 0.2) is 51.2 Å². The van der Waals surface area contributed by atoms with Crippen molar-refractivity contribution in [3.05, 3.63) is 52.4 Å². The topological polar surface area (TPSA) is 79.9 Å². The molecule has 1 saturated carbocycles. The molecule has 5 heteroatoms. The van der Waals surface area contributed by atoms with Crippen LogP contribution < -0.4 is 10.4 Å². The van der Waals surface area contributed by atoms with Crippen molar-refractivity contribution in [2.24, 2.45) is 22.7 Å². The Kier molecular flexibility index (Phi) is 5.07. The third-order valence-corrected chi connectivity index (χ3v) is 7.68. The SMILES string of the molecule is CC1=CC[C@@H]2[C@](C)(CC[C@H](O)[C@]2(C)CO)[C@H]1COc1ccc2ccc(=O)oc2c1. The van der Waals surface area contributed by atoms with Crippen molar-refractivity contribution in [2.75, 3.05) is 13.2 Å². The van der Waals surface area contributed by atoms with Gasteiger partial charge in [0.05, 0.1) is 19.3 Å². The summed E-state index contributed by atoms with van der Waals surface area (Å²) < 4.78 is 11.5. The van der Waals surface area contributed by atoms with Crippen molar-refractivity contribution in [2.45, 2.75) is 46.1 Å². The largest absolute Gasteiger partial charge is 0.493 e. The smallest absolute Gasteiger partial charge is 0.336 e. The molecule has 1 aromatic carbocycles. The number of allylic oxidation sites excluding steroid dienone is 1. The van der Waals surface area contributed by atoms with Gasteiger partial charge in [0.1, 0.15) is 11.3 Å². The van der Waals surface area contributed by atoms with E-state index in [0.717, 1.165) is 18.2 Å². The summed E-state index contributed by atoms with van der Waals surface area (Å²) in [5.41, 5.74) is 0.879. The van der Waals surface area contributed by atoms with Gasteiger partial charge in [-0.1, -0.05) is 25.5 Å². The van der Waals surface area contributed by atoms with Gasteiger partial charge in [-0.3, -0.25) is 0 Å². The van der Waals surface area contributed by atoms with E-state index in [1.165, 1.54) is 11.6 Å². The van der Waals surface area contributed by atoms with Crippen LogP contribution in [0.3, 0.4) is 0 Å². The van der Waals surface area contributed by atoms with E-state index in [-0.39, 0.29) is 29.5 Å². The first-order valence-corrected chi connectivity index (χ1v) is 10.4. The van der Waals surface area contributed by atoms with Crippen molar-refractivity contribution >= 4 is 11.0 Å². The molecule has 5 nitrogen and oxygen atoms in total. The van der Waals surface area contributed by atoms with Crippen LogP contribution in [0.2, 0.25) is 0 Å². The second-order valence-electron chi connectivity index (χ2n) is 9.28.